The van der Waals surface area contributed by atoms with E-state index < -0.39 is 12.1 Å². The highest BCUT2D eigenvalue weighted by atomic mass is 79.9. The maximum atomic E-state index is 12.2. The number of carbonyl (C=O) groups is 2. The minimum atomic E-state index is -0.720. The summed E-state index contributed by atoms with van der Waals surface area (Å²) in [4.78, 5) is 23.7. The number of methoxy groups -OCH3 is 1. The number of ether oxygens (including phenoxy) is 2. The van der Waals surface area contributed by atoms with Gasteiger partial charge < -0.3 is 14.8 Å². The number of benzene rings is 2. The lowest BCUT2D eigenvalue weighted by atomic mass is 10.2. The molecule has 0 radical (unpaired) electrons. The summed E-state index contributed by atoms with van der Waals surface area (Å²) in [7, 11) is 1.31. The van der Waals surface area contributed by atoms with E-state index in [0.29, 0.717) is 17.0 Å². The summed E-state index contributed by atoms with van der Waals surface area (Å²) in [5.41, 5.74) is 1.03. The van der Waals surface area contributed by atoms with E-state index in [-0.39, 0.29) is 5.91 Å². The molecule has 0 saturated heterocycles. The molecule has 1 amide bonds. The summed E-state index contributed by atoms with van der Waals surface area (Å²) in [5, 5.41) is 2.77. The Labute approximate surface area is 142 Å². The topological polar surface area (TPSA) is 64.6 Å². The first kappa shape index (κ1) is 17.0. The lowest BCUT2D eigenvalue weighted by Gasteiger charge is -2.15. The van der Waals surface area contributed by atoms with Crippen molar-refractivity contribution in [1.82, 2.24) is 0 Å². The summed E-state index contributed by atoms with van der Waals surface area (Å²) in [6.07, 6.45) is -0.720. The maximum absolute atomic E-state index is 12.2. The quantitative estimate of drug-likeness (QED) is 0.807. The van der Waals surface area contributed by atoms with Crippen LogP contribution >= 0.6 is 15.9 Å². The molecule has 2 rings (SSSR count). The first-order valence-corrected chi connectivity index (χ1v) is 7.70. The molecular formula is C17H16BrNO4. The van der Waals surface area contributed by atoms with E-state index in [0.717, 1.165) is 4.47 Å². The third-order valence-electron chi connectivity index (χ3n) is 3.03. The van der Waals surface area contributed by atoms with Gasteiger partial charge in [-0.05, 0) is 43.3 Å². The molecular weight excluding hydrogens is 362 g/mol. The van der Waals surface area contributed by atoms with Crippen molar-refractivity contribution in [2.24, 2.45) is 0 Å². The SMILES string of the molecule is COC(=O)c1cccc(O[C@H](C)C(=O)Nc2cccc(Br)c2)c1. The summed E-state index contributed by atoms with van der Waals surface area (Å²) >= 11 is 3.34. The zero-order chi connectivity index (χ0) is 16.8. The van der Waals surface area contributed by atoms with Gasteiger partial charge in [0.15, 0.2) is 6.10 Å². The number of esters is 1. The Morgan fingerprint density at radius 1 is 1.13 bits per heavy atom. The molecule has 23 heavy (non-hydrogen) atoms. The van der Waals surface area contributed by atoms with E-state index in [1.54, 1.807) is 37.3 Å². The maximum Gasteiger partial charge on any atom is 0.337 e. The molecule has 1 N–H and O–H groups in total. The standard InChI is InChI=1S/C17H16BrNO4/c1-11(16(20)19-14-7-4-6-13(18)10-14)23-15-8-3-5-12(9-15)17(21)22-2/h3-11H,1-2H3,(H,19,20)/t11-/m1/s1. The second-order valence-electron chi connectivity index (χ2n) is 4.78. The van der Waals surface area contributed by atoms with Crippen molar-refractivity contribution >= 4 is 33.5 Å². The highest BCUT2D eigenvalue weighted by Gasteiger charge is 2.16. The number of nitrogens with one attached hydrogen (secondary N) is 1. The van der Waals surface area contributed by atoms with Gasteiger partial charge in [0.2, 0.25) is 0 Å². The van der Waals surface area contributed by atoms with Crippen LogP contribution in [-0.4, -0.2) is 25.1 Å². The fraction of sp³-hybridized carbons (Fsp3) is 0.176. The van der Waals surface area contributed by atoms with Crippen LogP contribution < -0.4 is 10.1 Å². The normalized spacial score (nSPS) is 11.4. The fourth-order valence-corrected chi connectivity index (χ4v) is 2.28. The van der Waals surface area contributed by atoms with Crippen LogP contribution in [0.4, 0.5) is 5.69 Å². The van der Waals surface area contributed by atoms with Gasteiger partial charge in [-0.25, -0.2) is 4.79 Å². The molecule has 0 spiro atoms. The van der Waals surface area contributed by atoms with Gasteiger partial charge >= 0.3 is 5.97 Å². The second kappa shape index (κ2) is 7.78. The molecule has 0 aromatic heterocycles. The number of halogens is 1. The molecule has 6 heteroatoms. The highest BCUT2D eigenvalue weighted by molar-refractivity contribution is 9.10. The molecule has 120 valence electrons. The van der Waals surface area contributed by atoms with Crippen LogP contribution in [0.2, 0.25) is 0 Å². The number of carbonyl (C=O) groups excluding carboxylic acids is 2. The molecule has 5 nitrogen and oxygen atoms in total. The van der Waals surface area contributed by atoms with Gasteiger partial charge in [-0.15, -0.1) is 0 Å². The van der Waals surface area contributed by atoms with Gasteiger partial charge in [-0.3, -0.25) is 4.79 Å². The Kier molecular flexibility index (Phi) is 5.76. The Morgan fingerprint density at radius 2 is 1.87 bits per heavy atom. The van der Waals surface area contributed by atoms with Gasteiger partial charge in [0.1, 0.15) is 5.75 Å². The van der Waals surface area contributed by atoms with Crippen LogP contribution in [0.25, 0.3) is 0 Å². The number of rotatable bonds is 5. The van der Waals surface area contributed by atoms with Crippen molar-refractivity contribution in [2.75, 3.05) is 12.4 Å². The van der Waals surface area contributed by atoms with Crippen molar-refractivity contribution < 1.29 is 19.1 Å². The summed E-state index contributed by atoms with van der Waals surface area (Å²) in [6, 6.07) is 13.8. The molecule has 1 atom stereocenters. The third-order valence-corrected chi connectivity index (χ3v) is 3.52. The second-order valence-corrected chi connectivity index (χ2v) is 5.69. The molecule has 0 unspecified atom stereocenters. The zero-order valence-electron chi connectivity index (χ0n) is 12.7. The predicted octanol–water partition coefficient (Wildman–Crippen LogP) is 3.64. The van der Waals surface area contributed by atoms with E-state index in [2.05, 4.69) is 26.0 Å². The lowest BCUT2D eigenvalue weighted by Crippen LogP contribution is -2.30. The molecule has 0 bridgehead atoms. The lowest BCUT2D eigenvalue weighted by molar-refractivity contribution is -0.122. The first-order chi connectivity index (χ1) is 11.0. The summed E-state index contributed by atoms with van der Waals surface area (Å²) < 4.78 is 11.1. The van der Waals surface area contributed by atoms with Gasteiger partial charge in [-0.1, -0.05) is 28.1 Å². The van der Waals surface area contributed by atoms with Gasteiger partial charge in [-0.2, -0.15) is 0 Å². The van der Waals surface area contributed by atoms with Crippen molar-refractivity contribution in [3.05, 3.63) is 58.6 Å². The molecule has 0 aliphatic rings. The largest absolute Gasteiger partial charge is 0.481 e. The monoisotopic (exact) mass is 377 g/mol. The van der Waals surface area contributed by atoms with Crippen LogP contribution in [0.3, 0.4) is 0 Å². The van der Waals surface area contributed by atoms with E-state index in [1.165, 1.54) is 13.2 Å². The Bertz CT molecular complexity index is 717. The van der Waals surface area contributed by atoms with Crippen LogP contribution in [0, 0.1) is 0 Å². The van der Waals surface area contributed by atoms with Crippen LogP contribution in [0.15, 0.2) is 53.0 Å². The van der Waals surface area contributed by atoms with Gasteiger partial charge in [0.05, 0.1) is 12.7 Å². The molecule has 0 saturated carbocycles. The van der Waals surface area contributed by atoms with Crippen molar-refractivity contribution in [2.45, 2.75) is 13.0 Å². The number of anilines is 1. The number of hydrogen-bond donors (Lipinski definition) is 1. The smallest absolute Gasteiger partial charge is 0.337 e. The summed E-state index contributed by atoms with van der Waals surface area (Å²) in [6.45, 7) is 1.64. The first-order valence-electron chi connectivity index (χ1n) is 6.91. The van der Waals surface area contributed by atoms with Crippen LogP contribution in [-0.2, 0) is 9.53 Å². The molecule has 0 aliphatic heterocycles. The third kappa shape index (κ3) is 4.82. The molecule has 0 fully saturated rings. The molecule has 2 aromatic carbocycles. The minimum Gasteiger partial charge on any atom is -0.481 e. The van der Waals surface area contributed by atoms with Crippen LogP contribution in [0.1, 0.15) is 17.3 Å². The van der Waals surface area contributed by atoms with Gasteiger partial charge in [0.25, 0.3) is 5.91 Å². The van der Waals surface area contributed by atoms with Crippen molar-refractivity contribution in [1.29, 1.82) is 0 Å². The Balaban J connectivity index is 2.02. The van der Waals surface area contributed by atoms with E-state index >= 15 is 0 Å². The zero-order valence-corrected chi connectivity index (χ0v) is 14.3. The van der Waals surface area contributed by atoms with Crippen molar-refractivity contribution in [3.8, 4) is 5.75 Å². The highest BCUT2D eigenvalue weighted by Crippen LogP contribution is 2.18. The summed E-state index contributed by atoms with van der Waals surface area (Å²) in [5.74, 6) is -0.321. The molecule has 2 aromatic rings. The van der Waals surface area contributed by atoms with E-state index in [1.807, 2.05) is 12.1 Å². The Hall–Kier alpha value is -2.34. The number of hydrogen-bond acceptors (Lipinski definition) is 4. The average Bonchev–Trinajstić information content (AvgIpc) is 2.54. The molecule has 0 heterocycles. The van der Waals surface area contributed by atoms with Crippen molar-refractivity contribution in [3.63, 3.8) is 0 Å². The molecule has 0 aliphatic carbocycles. The Morgan fingerprint density at radius 3 is 2.57 bits per heavy atom. The number of amides is 1. The van der Waals surface area contributed by atoms with E-state index in [4.69, 9.17) is 4.74 Å². The van der Waals surface area contributed by atoms with Crippen LogP contribution in [0.5, 0.6) is 5.75 Å². The minimum absolute atomic E-state index is 0.286. The van der Waals surface area contributed by atoms with Gasteiger partial charge in [0, 0.05) is 10.2 Å². The van der Waals surface area contributed by atoms with E-state index in [9.17, 15) is 9.59 Å². The average molecular weight is 378 g/mol. The predicted molar refractivity (Wildman–Crippen MR) is 90.6 cm³/mol. The fourth-order valence-electron chi connectivity index (χ4n) is 1.88.